The van der Waals surface area contributed by atoms with Crippen LogP contribution in [0.25, 0.3) is 10.9 Å². The van der Waals surface area contributed by atoms with E-state index < -0.39 is 60.2 Å². The monoisotopic (exact) mass is 554 g/mol. The van der Waals surface area contributed by atoms with E-state index in [-0.39, 0.29) is 18.8 Å². The van der Waals surface area contributed by atoms with E-state index in [1.165, 1.54) is 12.5 Å². The number of carbonyl (C=O) groups is 5. The number of carboxylic acid groups (broad SMARTS) is 1. The van der Waals surface area contributed by atoms with E-state index in [4.69, 9.17) is 11.5 Å². The lowest BCUT2D eigenvalue weighted by Crippen LogP contribution is -2.58. The van der Waals surface area contributed by atoms with E-state index in [2.05, 4.69) is 30.9 Å². The van der Waals surface area contributed by atoms with Crippen molar-refractivity contribution in [2.45, 2.75) is 57.3 Å². The Morgan fingerprint density at radius 1 is 0.925 bits per heavy atom. The van der Waals surface area contributed by atoms with Gasteiger partial charge in [-0.15, -0.1) is 0 Å². The number of carboxylic acids is 1. The van der Waals surface area contributed by atoms with Crippen LogP contribution in [-0.4, -0.2) is 73.8 Å². The number of aromatic amines is 2. The summed E-state index contributed by atoms with van der Waals surface area (Å²) < 4.78 is 0. The van der Waals surface area contributed by atoms with Gasteiger partial charge in [-0.2, -0.15) is 0 Å². The second-order valence-corrected chi connectivity index (χ2v) is 9.81. The van der Waals surface area contributed by atoms with Crippen LogP contribution in [0.1, 0.15) is 31.5 Å². The van der Waals surface area contributed by atoms with E-state index in [1.54, 1.807) is 20.0 Å². The van der Waals surface area contributed by atoms with Gasteiger partial charge in [-0.05, 0) is 17.5 Å². The first-order chi connectivity index (χ1) is 19.0. The summed E-state index contributed by atoms with van der Waals surface area (Å²) in [5.74, 6) is -4.70. The van der Waals surface area contributed by atoms with E-state index in [9.17, 15) is 29.1 Å². The number of imidazole rings is 1. The van der Waals surface area contributed by atoms with Gasteiger partial charge in [0.15, 0.2) is 0 Å². The molecule has 4 unspecified atom stereocenters. The number of nitrogens with two attached hydrogens (primary N) is 2. The topological polar surface area (TPSA) is 238 Å². The second-order valence-electron chi connectivity index (χ2n) is 9.81. The van der Waals surface area contributed by atoms with Crippen molar-refractivity contribution in [3.63, 3.8) is 0 Å². The zero-order valence-electron chi connectivity index (χ0n) is 22.1. The molecule has 0 bridgehead atoms. The zero-order chi connectivity index (χ0) is 29.4. The number of hydrogen-bond acceptors (Lipinski definition) is 7. The van der Waals surface area contributed by atoms with Gasteiger partial charge >= 0.3 is 5.97 Å². The van der Waals surface area contributed by atoms with Gasteiger partial charge in [0.25, 0.3) is 0 Å². The number of H-pyrrole nitrogens is 2. The average molecular weight is 555 g/mol. The van der Waals surface area contributed by atoms with Gasteiger partial charge in [0, 0.05) is 41.8 Å². The maximum Gasteiger partial charge on any atom is 0.326 e. The van der Waals surface area contributed by atoms with Crippen LogP contribution in [0.5, 0.6) is 0 Å². The number of amides is 4. The van der Waals surface area contributed by atoms with Crippen molar-refractivity contribution in [2.24, 2.45) is 17.4 Å². The van der Waals surface area contributed by atoms with Crippen molar-refractivity contribution in [1.29, 1.82) is 0 Å². The minimum atomic E-state index is -1.60. The second kappa shape index (κ2) is 13.4. The highest BCUT2D eigenvalue weighted by atomic mass is 16.4. The third-order valence-electron chi connectivity index (χ3n) is 6.38. The van der Waals surface area contributed by atoms with Crippen LogP contribution in [0, 0.1) is 5.92 Å². The highest BCUT2D eigenvalue weighted by Gasteiger charge is 2.32. The van der Waals surface area contributed by atoms with E-state index in [0.717, 1.165) is 16.5 Å². The average Bonchev–Trinajstić information content (AvgIpc) is 3.56. The first-order valence-corrected chi connectivity index (χ1v) is 12.7. The molecule has 0 saturated carbocycles. The van der Waals surface area contributed by atoms with Crippen molar-refractivity contribution in [2.75, 3.05) is 0 Å². The molecule has 3 rings (SSSR count). The van der Waals surface area contributed by atoms with Gasteiger partial charge in [0.1, 0.15) is 18.1 Å². The summed E-state index contributed by atoms with van der Waals surface area (Å²) in [7, 11) is 0. The van der Waals surface area contributed by atoms with Gasteiger partial charge in [-0.25, -0.2) is 9.78 Å². The number of para-hydroxylation sites is 1. The normalized spacial score (nSPS) is 14.2. The number of nitrogens with zero attached hydrogens (tertiary/aromatic N) is 1. The summed E-state index contributed by atoms with van der Waals surface area (Å²) in [5.41, 5.74) is 13.2. The van der Waals surface area contributed by atoms with E-state index in [0.29, 0.717) is 5.69 Å². The lowest BCUT2D eigenvalue weighted by molar-refractivity contribution is -0.143. The zero-order valence-corrected chi connectivity index (χ0v) is 22.1. The molecule has 0 radical (unpaired) electrons. The van der Waals surface area contributed by atoms with Gasteiger partial charge in [0.2, 0.25) is 23.6 Å². The molecule has 40 heavy (non-hydrogen) atoms. The Kier molecular flexibility index (Phi) is 9.97. The third kappa shape index (κ3) is 7.89. The molecule has 1 aromatic carbocycles. The lowest BCUT2D eigenvalue weighted by atomic mass is 10.0. The number of hydrogen-bond donors (Lipinski definition) is 8. The number of benzene rings is 1. The number of carbonyl (C=O) groups excluding carboxylic acids is 4. The highest BCUT2D eigenvalue weighted by molar-refractivity contribution is 5.95. The van der Waals surface area contributed by atoms with E-state index in [1.807, 2.05) is 24.3 Å². The van der Waals surface area contributed by atoms with Crippen LogP contribution >= 0.6 is 0 Å². The molecule has 0 aliphatic heterocycles. The standard InChI is InChI=1S/C26H34N8O6/c1-13(2)22(28)25(38)33-18(7-14-10-30-17-6-4-3-5-16(14)17)23(36)32-19(8-15-11-29-12-31-15)24(37)34-20(26(39)40)9-21(27)35/h3-6,10-13,18-20,22,30H,7-9,28H2,1-2H3,(H2,27,35)(H,29,31)(H,32,36)(H,33,38)(H,34,37)(H,39,40). The molecule has 14 heteroatoms. The molecule has 4 atom stereocenters. The fourth-order valence-electron chi connectivity index (χ4n) is 4.07. The third-order valence-corrected chi connectivity index (χ3v) is 6.38. The van der Waals surface area contributed by atoms with Crippen LogP contribution < -0.4 is 27.4 Å². The Bertz CT molecular complexity index is 1350. The molecule has 10 N–H and O–H groups in total. The SMILES string of the molecule is CC(C)C(N)C(=O)NC(Cc1c[nH]c2ccccc12)C(=O)NC(Cc1cnc[nH]1)C(=O)NC(CC(N)=O)C(=O)O. The summed E-state index contributed by atoms with van der Waals surface area (Å²) >= 11 is 0. The van der Waals surface area contributed by atoms with Crippen molar-refractivity contribution in [3.05, 3.63) is 54.2 Å². The van der Waals surface area contributed by atoms with Crippen LogP contribution in [0.2, 0.25) is 0 Å². The largest absolute Gasteiger partial charge is 0.480 e. The first-order valence-electron chi connectivity index (χ1n) is 12.7. The molecule has 3 aromatic rings. The van der Waals surface area contributed by atoms with E-state index >= 15 is 0 Å². The van der Waals surface area contributed by atoms with Crippen molar-refractivity contribution in [1.82, 2.24) is 30.9 Å². The molecule has 0 aliphatic carbocycles. The molecule has 214 valence electrons. The Labute approximate surface area is 229 Å². The molecule has 0 spiro atoms. The summed E-state index contributed by atoms with van der Waals surface area (Å²) in [4.78, 5) is 72.4. The first kappa shape index (κ1) is 29.8. The molecule has 2 heterocycles. The van der Waals surface area contributed by atoms with Crippen LogP contribution in [0.15, 0.2) is 43.0 Å². The number of nitrogens with one attached hydrogen (secondary N) is 5. The molecular formula is C26H34N8O6. The van der Waals surface area contributed by atoms with Crippen LogP contribution in [0.4, 0.5) is 0 Å². The van der Waals surface area contributed by atoms with Crippen molar-refractivity contribution >= 4 is 40.5 Å². The molecule has 2 aromatic heterocycles. The highest BCUT2D eigenvalue weighted by Crippen LogP contribution is 2.19. The molecule has 0 aliphatic rings. The van der Waals surface area contributed by atoms with Crippen molar-refractivity contribution < 1.29 is 29.1 Å². The van der Waals surface area contributed by atoms with Crippen LogP contribution in [-0.2, 0) is 36.8 Å². The summed E-state index contributed by atoms with van der Waals surface area (Å²) in [6.45, 7) is 3.55. The molecule has 4 amide bonds. The molecule has 14 nitrogen and oxygen atoms in total. The van der Waals surface area contributed by atoms with Crippen molar-refractivity contribution in [3.8, 4) is 0 Å². The number of aromatic nitrogens is 3. The maximum absolute atomic E-state index is 13.6. The summed E-state index contributed by atoms with van der Waals surface area (Å²) in [6, 6.07) is 2.55. The molecular weight excluding hydrogens is 520 g/mol. The minimum absolute atomic E-state index is 0.0736. The fourth-order valence-corrected chi connectivity index (χ4v) is 4.07. The quantitative estimate of drug-likeness (QED) is 0.124. The van der Waals surface area contributed by atoms with Gasteiger partial charge in [-0.3, -0.25) is 19.2 Å². The fraction of sp³-hybridized carbons (Fsp3) is 0.385. The number of aliphatic carboxylic acids is 1. The Hall–Kier alpha value is -4.72. The number of primary amides is 1. The Morgan fingerprint density at radius 2 is 1.55 bits per heavy atom. The molecule has 0 fully saturated rings. The van der Waals surface area contributed by atoms with Gasteiger partial charge in [0.05, 0.1) is 18.8 Å². The number of rotatable bonds is 14. The Balaban J connectivity index is 1.88. The minimum Gasteiger partial charge on any atom is -0.480 e. The van der Waals surface area contributed by atoms with Gasteiger partial charge in [-0.1, -0.05) is 32.0 Å². The smallest absolute Gasteiger partial charge is 0.326 e. The Morgan fingerprint density at radius 3 is 2.15 bits per heavy atom. The maximum atomic E-state index is 13.6. The number of fused-ring (bicyclic) bond motifs is 1. The lowest BCUT2D eigenvalue weighted by Gasteiger charge is -2.25. The predicted octanol–water partition coefficient (Wildman–Crippen LogP) is -0.926. The summed E-state index contributed by atoms with van der Waals surface area (Å²) in [5, 5.41) is 17.8. The predicted molar refractivity (Wildman–Crippen MR) is 144 cm³/mol. The summed E-state index contributed by atoms with van der Waals surface area (Å²) in [6.07, 6.45) is 3.90. The van der Waals surface area contributed by atoms with Crippen LogP contribution in [0.3, 0.4) is 0 Å². The molecule has 0 saturated heterocycles. The van der Waals surface area contributed by atoms with Gasteiger partial charge < -0.3 is 42.5 Å².